The monoisotopic (exact) mass is 270 g/mol. The first-order valence-corrected chi connectivity index (χ1v) is 7.83. The number of piperidine rings is 1. The lowest BCUT2D eigenvalue weighted by molar-refractivity contribution is -0.0999. The van der Waals surface area contributed by atoms with Gasteiger partial charge in [0.25, 0.3) is 0 Å². The van der Waals surface area contributed by atoms with Crippen LogP contribution in [-0.4, -0.2) is 75.5 Å². The van der Waals surface area contributed by atoms with Crippen LogP contribution < -0.4 is 0 Å². The standard InChI is InChI=1S/C15H30N2O2/c1-16-12-15(13-16)19-14-6-9-17(10-7-14)8-4-3-5-11-18-2/h14-15H,3-13H2,1-2H3. The highest BCUT2D eigenvalue weighted by molar-refractivity contribution is 4.81. The maximum Gasteiger partial charge on any atom is 0.0832 e. The van der Waals surface area contributed by atoms with Gasteiger partial charge in [-0.2, -0.15) is 0 Å². The zero-order valence-corrected chi connectivity index (χ0v) is 12.6. The van der Waals surface area contributed by atoms with Gasteiger partial charge in [-0.1, -0.05) is 0 Å². The van der Waals surface area contributed by atoms with Crippen molar-refractivity contribution < 1.29 is 9.47 Å². The summed E-state index contributed by atoms with van der Waals surface area (Å²) >= 11 is 0. The van der Waals surface area contributed by atoms with E-state index in [4.69, 9.17) is 9.47 Å². The van der Waals surface area contributed by atoms with Gasteiger partial charge in [-0.25, -0.2) is 0 Å². The van der Waals surface area contributed by atoms with Gasteiger partial charge in [0.05, 0.1) is 12.2 Å². The van der Waals surface area contributed by atoms with Gasteiger partial charge >= 0.3 is 0 Å². The van der Waals surface area contributed by atoms with Crippen molar-refractivity contribution in [3.05, 3.63) is 0 Å². The quantitative estimate of drug-likeness (QED) is 0.626. The minimum absolute atomic E-state index is 0.510. The van der Waals surface area contributed by atoms with E-state index in [-0.39, 0.29) is 0 Å². The highest BCUT2D eigenvalue weighted by Gasteiger charge is 2.28. The Kier molecular flexibility index (Phi) is 6.57. The summed E-state index contributed by atoms with van der Waals surface area (Å²) in [6.45, 7) is 6.85. The van der Waals surface area contributed by atoms with Crippen molar-refractivity contribution in [1.29, 1.82) is 0 Å². The van der Waals surface area contributed by atoms with E-state index in [1.165, 1.54) is 51.7 Å². The van der Waals surface area contributed by atoms with Crippen molar-refractivity contribution >= 4 is 0 Å². The van der Waals surface area contributed by atoms with E-state index < -0.39 is 0 Å². The van der Waals surface area contributed by atoms with Crippen molar-refractivity contribution in [2.75, 3.05) is 53.5 Å². The summed E-state index contributed by atoms with van der Waals surface area (Å²) in [4.78, 5) is 4.92. The topological polar surface area (TPSA) is 24.9 Å². The smallest absolute Gasteiger partial charge is 0.0832 e. The number of hydrogen-bond donors (Lipinski definition) is 0. The average molecular weight is 270 g/mol. The van der Waals surface area contributed by atoms with Gasteiger partial charge in [-0.05, 0) is 45.7 Å². The van der Waals surface area contributed by atoms with Crippen LogP contribution in [0, 0.1) is 0 Å². The lowest BCUT2D eigenvalue weighted by atomic mass is 10.1. The minimum atomic E-state index is 0.510. The first-order chi connectivity index (χ1) is 9.28. The van der Waals surface area contributed by atoms with E-state index >= 15 is 0 Å². The maximum atomic E-state index is 6.12. The van der Waals surface area contributed by atoms with Gasteiger partial charge in [0.2, 0.25) is 0 Å². The molecule has 0 radical (unpaired) electrons. The van der Waals surface area contributed by atoms with Crippen LogP contribution in [0.3, 0.4) is 0 Å². The van der Waals surface area contributed by atoms with E-state index in [1.807, 2.05) is 0 Å². The van der Waals surface area contributed by atoms with Crippen LogP contribution in [0.4, 0.5) is 0 Å². The number of rotatable bonds is 8. The molecule has 2 aliphatic rings. The second kappa shape index (κ2) is 8.20. The van der Waals surface area contributed by atoms with Gasteiger partial charge in [0, 0.05) is 39.9 Å². The van der Waals surface area contributed by atoms with E-state index in [2.05, 4.69) is 16.8 Å². The zero-order valence-electron chi connectivity index (χ0n) is 12.6. The Hall–Kier alpha value is -0.160. The molecule has 112 valence electrons. The van der Waals surface area contributed by atoms with Gasteiger partial charge in [-0.3, -0.25) is 0 Å². The van der Waals surface area contributed by atoms with Crippen LogP contribution in [-0.2, 0) is 9.47 Å². The number of methoxy groups -OCH3 is 1. The Morgan fingerprint density at radius 1 is 1.00 bits per heavy atom. The molecule has 0 saturated carbocycles. The molecule has 4 nitrogen and oxygen atoms in total. The molecule has 0 unspecified atom stereocenters. The fourth-order valence-electron chi connectivity index (χ4n) is 3.03. The molecule has 0 aromatic carbocycles. The summed E-state index contributed by atoms with van der Waals surface area (Å²) < 4.78 is 11.2. The second-order valence-electron chi connectivity index (χ2n) is 6.07. The van der Waals surface area contributed by atoms with E-state index in [0.29, 0.717) is 12.2 Å². The summed E-state index contributed by atoms with van der Waals surface area (Å²) in [5.74, 6) is 0. The number of ether oxygens (including phenoxy) is 2. The number of unbranched alkanes of at least 4 members (excludes halogenated alkanes) is 2. The summed E-state index contributed by atoms with van der Waals surface area (Å²) in [6.07, 6.45) is 7.27. The van der Waals surface area contributed by atoms with Crippen LogP contribution in [0.1, 0.15) is 32.1 Å². The van der Waals surface area contributed by atoms with Crippen LogP contribution >= 0.6 is 0 Å². The van der Waals surface area contributed by atoms with Gasteiger partial charge in [-0.15, -0.1) is 0 Å². The lowest BCUT2D eigenvalue weighted by Gasteiger charge is -2.40. The van der Waals surface area contributed by atoms with Crippen molar-refractivity contribution in [2.45, 2.75) is 44.3 Å². The van der Waals surface area contributed by atoms with Crippen molar-refractivity contribution in [1.82, 2.24) is 9.80 Å². The largest absolute Gasteiger partial charge is 0.385 e. The molecule has 0 spiro atoms. The van der Waals surface area contributed by atoms with Crippen molar-refractivity contribution in [3.8, 4) is 0 Å². The Bertz CT molecular complexity index is 236. The first-order valence-electron chi connectivity index (χ1n) is 7.83. The highest BCUT2D eigenvalue weighted by atomic mass is 16.5. The number of likely N-dealkylation sites (tertiary alicyclic amines) is 2. The SMILES string of the molecule is COCCCCCN1CCC(OC2CN(C)C2)CC1. The maximum absolute atomic E-state index is 6.12. The Balaban J connectivity index is 1.48. The fourth-order valence-corrected chi connectivity index (χ4v) is 3.03. The average Bonchev–Trinajstić information content (AvgIpc) is 2.39. The van der Waals surface area contributed by atoms with Gasteiger partial charge in [0.1, 0.15) is 0 Å². The molecular weight excluding hydrogens is 240 g/mol. The number of hydrogen-bond acceptors (Lipinski definition) is 4. The van der Waals surface area contributed by atoms with Crippen LogP contribution in [0.25, 0.3) is 0 Å². The lowest BCUT2D eigenvalue weighted by Crippen LogP contribution is -2.52. The van der Waals surface area contributed by atoms with Crippen molar-refractivity contribution in [3.63, 3.8) is 0 Å². The molecular formula is C15H30N2O2. The molecule has 2 aliphatic heterocycles. The molecule has 2 saturated heterocycles. The fraction of sp³-hybridized carbons (Fsp3) is 1.00. The Morgan fingerprint density at radius 2 is 1.74 bits per heavy atom. The molecule has 2 heterocycles. The predicted octanol–water partition coefficient (Wildman–Crippen LogP) is 1.60. The van der Waals surface area contributed by atoms with Gasteiger partial charge in [0.15, 0.2) is 0 Å². The zero-order chi connectivity index (χ0) is 13.5. The molecule has 0 aromatic rings. The molecule has 0 atom stereocenters. The van der Waals surface area contributed by atoms with Crippen LogP contribution in [0.2, 0.25) is 0 Å². The minimum Gasteiger partial charge on any atom is -0.385 e. The Morgan fingerprint density at radius 3 is 2.37 bits per heavy atom. The normalized spacial score (nSPS) is 23.7. The molecule has 19 heavy (non-hydrogen) atoms. The third kappa shape index (κ3) is 5.38. The third-order valence-electron chi connectivity index (χ3n) is 4.27. The highest BCUT2D eigenvalue weighted by Crippen LogP contribution is 2.19. The number of likely N-dealkylation sites (N-methyl/N-ethyl adjacent to an activating group) is 1. The van der Waals surface area contributed by atoms with Gasteiger partial charge < -0.3 is 19.3 Å². The predicted molar refractivity (Wildman–Crippen MR) is 77.6 cm³/mol. The second-order valence-corrected chi connectivity index (χ2v) is 6.07. The first kappa shape index (κ1) is 15.2. The summed E-state index contributed by atoms with van der Waals surface area (Å²) in [6, 6.07) is 0. The van der Waals surface area contributed by atoms with Crippen LogP contribution in [0.5, 0.6) is 0 Å². The third-order valence-corrected chi connectivity index (χ3v) is 4.27. The summed E-state index contributed by atoms with van der Waals surface area (Å²) in [7, 11) is 3.94. The number of nitrogens with zero attached hydrogens (tertiary/aromatic N) is 2. The summed E-state index contributed by atoms with van der Waals surface area (Å²) in [5, 5.41) is 0. The summed E-state index contributed by atoms with van der Waals surface area (Å²) in [5.41, 5.74) is 0. The molecule has 0 N–H and O–H groups in total. The molecule has 0 bridgehead atoms. The van der Waals surface area contributed by atoms with E-state index in [0.717, 1.165) is 19.7 Å². The molecule has 0 amide bonds. The molecule has 2 fully saturated rings. The molecule has 0 aliphatic carbocycles. The van der Waals surface area contributed by atoms with Crippen molar-refractivity contribution in [2.24, 2.45) is 0 Å². The molecule has 2 rings (SSSR count). The Labute approximate surface area is 118 Å². The molecule has 0 aromatic heterocycles. The molecule has 4 heteroatoms. The van der Waals surface area contributed by atoms with E-state index in [1.54, 1.807) is 7.11 Å². The van der Waals surface area contributed by atoms with Crippen LogP contribution in [0.15, 0.2) is 0 Å². The van der Waals surface area contributed by atoms with E-state index in [9.17, 15) is 0 Å².